The molecule has 27 heavy (non-hydrogen) atoms. The summed E-state index contributed by atoms with van der Waals surface area (Å²) >= 11 is 0. The van der Waals surface area contributed by atoms with Gasteiger partial charge < -0.3 is 10.1 Å². The Morgan fingerprint density at radius 2 is 1.96 bits per heavy atom. The molecule has 0 spiro atoms. The molecular formula is C18H20F3N3O3. The second kappa shape index (κ2) is 7.98. The molecular weight excluding hydrogens is 363 g/mol. The number of H-pyrrole nitrogens is 1. The van der Waals surface area contributed by atoms with Gasteiger partial charge in [-0.25, -0.2) is 0 Å². The first kappa shape index (κ1) is 19.2. The zero-order valence-electron chi connectivity index (χ0n) is 14.5. The topological polar surface area (TPSA) is 84.1 Å². The number of halogens is 3. The van der Waals surface area contributed by atoms with Crippen molar-refractivity contribution in [3.63, 3.8) is 0 Å². The van der Waals surface area contributed by atoms with E-state index < -0.39 is 36.6 Å². The summed E-state index contributed by atoms with van der Waals surface area (Å²) in [4.78, 5) is 23.9. The van der Waals surface area contributed by atoms with Gasteiger partial charge in [-0.1, -0.05) is 31.0 Å². The highest BCUT2D eigenvalue weighted by Crippen LogP contribution is 2.37. The van der Waals surface area contributed by atoms with E-state index >= 15 is 0 Å². The molecule has 1 aromatic heterocycles. The Hall–Kier alpha value is -2.58. The van der Waals surface area contributed by atoms with E-state index in [-0.39, 0.29) is 19.3 Å². The quantitative estimate of drug-likeness (QED) is 0.778. The summed E-state index contributed by atoms with van der Waals surface area (Å²) < 4.78 is 44.1. The van der Waals surface area contributed by atoms with Crippen LogP contribution in [0.1, 0.15) is 31.4 Å². The Morgan fingerprint density at radius 3 is 2.74 bits per heavy atom. The highest BCUT2D eigenvalue weighted by molar-refractivity contribution is 5.86. The van der Waals surface area contributed by atoms with Gasteiger partial charge in [0.15, 0.2) is 6.61 Å². The summed E-state index contributed by atoms with van der Waals surface area (Å²) in [6, 6.07) is 6.24. The van der Waals surface area contributed by atoms with Gasteiger partial charge >= 0.3 is 12.1 Å². The second-order valence-electron chi connectivity index (χ2n) is 6.66. The lowest BCUT2D eigenvalue weighted by atomic mass is 9.84. The number of nitrogens with one attached hydrogen (secondary N) is 2. The van der Waals surface area contributed by atoms with Crippen LogP contribution in [0.2, 0.25) is 0 Å². The maximum atomic E-state index is 13.0. The van der Waals surface area contributed by atoms with Crippen molar-refractivity contribution in [2.75, 3.05) is 6.61 Å². The molecule has 146 valence electrons. The Labute approximate surface area is 153 Å². The normalized spacial score (nSPS) is 20.4. The number of ether oxygens (including phenoxy) is 1. The van der Waals surface area contributed by atoms with Crippen LogP contribution in [0.4, 0.5) is 13.2 Å². The van der Waals surface area contributed by atoms with Crippen molar-refractivity contribution in [3.05, 3.63) is 30.0 Å². The summed E-state index contributed by atoms with van der Waals surface area (Å²) in [5.41, 5.74) is 1.26. The van der Waals surface area contributed by atoms with E-state index in [4.69, 9.17) is 4.74 Å². The first-order valence-corrected chi connectivity index (χ1v) is 8.78. The fraction of sp³-hybridized carbons (Fsp3) is 0.500. The molecule has 1 fully saturated rings. The van der Waals surface area contributed by atoms with Crippen molar-refractivity contribution in [1.82, 2.24) is 15.5 Å². The van der Waals surface area contributed by atoms with Crippen molar-refractivity contribution in [2.24, 2.45) is 5.92 Å². The molecule has 0 aliphatic heterocycles. The van der Waals surface area contributed by atoms with Crippen LogP contribution < -0.4 is 5.32 Å². The van der Waals surface area contributed by atoms with E-state index in [9.17, 15) is 22.8 Å². The number of carbonyl (C=O) groups is 2. The molecule has 1 amide bonds. The largest absolute Gasteiger partial charge is 0.455 e. The third kappa shape index (κ3) is 4.78. The van der Waals surface area contributed by atoms with Crippen LogP contribution in [0.3, 0.4) is 0 Å². The number of para-hydroxylation sites is 1. The molecule has 3 rings (SSSR count). The van der Waals surface area contributed by atoms with Gasteiger partial charge in [0, 0.05) is 11.4 Å². The molecule has 1 heterocycles. The summed E-state index contributed by atoms with van der Waals surface area (Å²) in [6.07, 6.45) is -3.07. The highest BCUT2D eigenvalue weighted by Gasteiger charge is 2.45. The minimum atomic E-state index is -4.35. The SMILES string of the molecule is O=C(COC(=O)Cc1[nH]nc2ccccc12)N[C@@H]1CCCC[C@H]1C(F)(F)F. The Kier molecular flexibility index (Phi) is 5.67. The van der Waals surface area contributed by atoms with E-state index in [0.29, 0.717) is 24.1 Å². The number of carbonyl (C=O) groups excluding carboxylic acids is 2. The lowest BCUT2D eigenvalue weighted by molar-refractivity contribution is -0.189. The molecule has 1 aliphatic rings. The number of rotatable bonds is 5. The van der Waals surface area contributed by atoms with Gasteiger partial charge in [0.2, 0.25) is 0 Å². The van der Waals surface area contributed by atoms with E-state index in [1.807, 2.05) is 6.07 Å². The minimum absolute atomic E-state index is 0.00112. The van der Waals surface area contributed by atoms with Crippen LogP contribution in [0.5, 0.6) is 0 Å². The Morgan fingerprint density at radius 1 is 1.22 bits per heavy atom. The summed E-state index contributed by atoms with van der Waals surface area (Å²) in [5, 5.41) is 9.94. The molecule has 0 unspecified atom stereocenters. The monoisotopic (exact) mass is 383 g/mol. The van der Waals surface area contributed by atoms with Gasteiger partial charge in [0.1, 0.15) is 0 Å². The second-order valence-corrected chi connectivity index (χ2v) is 6.66. The first-order valence-electron chi connectivity index (χ1n) is 8.78. The molecule has 6 nitrogen and oxygen atoms in total. The van der Waals surface area contributed by atoms with Crippen LogP contribution in [0.15, 0.2) is 24.3 Å². The zero-order chi connectivity index (χ0) is 19.4. The molecule has 2 aromatic rings. The molecule has 0 radical (unpaired) electrons. The van der Waals surface area contributed by atoms with Crippen molar-refractivity contribution >= 4 is 22.8 Å². The van der Waals surface area contributed by atoms with Gasteiger partial charge in [-0.3, -0.25) is 14.7 Å². The van der Waals surface area contributed by atoms with Gasteiger partial charge in [-0.15, -0.1) is 0 Å². The van der Waals surface area contributed by atoms with Crippen LogP contribution in [0.25, 0.3) is 10.9 Å². The summed E-state index contributed by atoms with van der Waals surface area (Å²) in [6.45, 7) is -0.605. The standard InChI is InChI=1S/C18H20F3N3O3/c19-18(20,21)12-6-2-4-8-14(12)22-16(25)10-27-17(26)9-15-11-5-1-3-7-13(11)23-24-15/h1,3,5,7,12,14H,2,4,6,8-10H2,(H,22,25)(H,23,24)/t12-,14-/m1/s1. The van der Waals surface area contributed by atoms with E-state index in [1.165, 1.54) is 0 Å². The van der Waals surface area contributed by atoms with Crippen molar-refractivity contribution in [3.8, 4) is 0 Å². The predicted octanol–water partition coefficient (Wildman–Crippen LogP) is 2.89. The number of hydrogen-bond donors (Lipinski definition) is 2. The van der Waals surface area contributed by atoms with Crippen molar-refractivity contribution in [2.45, 2.75) is 44.3 Å². The predicted molar refractivity (Wildman–Crippen MR) is 90.7 cm³/mol. The lowest BCUT2D eigenvalue weighted by Crippen LogP contribution is -2.48. The molecule has 2 N–H and O–H groups in total. The third-order valence-electron chi connectivity index (χ3n) is 4.76. The maximum absolute atomic E-state index is 13.0. The molecule has 0 bridgehead atoms. The van der Waals surface area contributed by atoms with Crippen molar-refractivity contribution < 1.29 is 27.5 Å². The molecule has 1 aromatic carbocycles. The minimum Gasteiger partial charge on any atom is -0.455 e. The number of alkyl halides is 3. The average Bonchev–Trinajstić information content (AvgIpc) is 3.03. The van der Waals surface area contributed by atoms with Crippen LogP contribution >= 0.6 is 0 Å². The van der Waals surface area contributed by atoms with Crippen LogP contribution in [0, 0.1) is 5.92 Å². The number of nitrogens with zero attached hydrogens (tertiary/aromatic N) is 1. The van der Waals surface area contributed by atoms with Crippen molar-refractivity contribution in [1.29, 1.82) is 0 Å². The van der Waals surface area contributed by atoms with Crippen LogP contribution in [-0.2, 0) is 20.7 Å². The molecule has 2 atom stereocenters. The molecule has 9 heteroatoms. The average molecular weight is 383 g/mol. The highest BCUT2D eigenvalue weighted by atomic mass is 19.4. The maximum Gasteiger partial charge on any atom is 0.393 e. The van der Waals surface area contributed by atoms with E-state index in [1.54, 1.807) is 18.2 Å². The molecule has 0 saturated heterocycles. The first-order chi connectivity index (χ1) is 12.8. The number of esters is 1. The summed E-state index contributed by atoms with van der Waals surface area (Å²) in [5.74, 6) is -2.93. The van der Waals surface area contributed by atoms with E-state index in [2.05, 4.69) is 15.5 Å². The molecule has 1 saturated carbocycles. The van der Waals surface area contributed by atoms with Gasteiger partial charge in [0.25, 0.3) is 5.91 Å². The number of aromatic nitrogens is 2. The smallest absolute Gasteiger partial charge is 0.393 e. The van der Waals surface area contributed by atoms with Gasteiger partial charge in [-0.2, -0.15) is 18.3 Å². The lowest BCUT2D eigenvalue weighted by Gasteiger charge is -2.33. The summed E-state index contributed by atoms with van der Waals surface area (Å²) in [7, 11) is 0. The number of hydrogen-bond acceptors (Lipinski definition) is 4. The fourth-order valence-electron chi connectivity index (χ4n) is 3.43. The zero-order valence-corrected chi connectivity index (χ0v) is 14.5. The number of benzene rings is 1. The third-order valence-corrected chi connectivity index (χ3v) is 4.76. The number of amides is 1. The number of aromatic amines is 1. The fourth-order valence-corrected chi connectivity index (χ4v) is 3.43. The van der Waals surface area contributed by atoms with E-state index in [0.717, 1.165) is 5.39 Å². The van der Waals surface area contributed by atoms with Gasteiger partial charge in [-0.05, 0) is 18.9 Å². The molecule has 1 aliphatic carbocycles. The Balaban J connectivity index is 1.50. The Bertz CT molecular complexity index is 819. The van der Waals surface area contributed by atoms with Crippen LogP contribution in [-0.4, -0.2) is 40.9 Å². The number of fused-ring (bicyclic) bond motifs is 1. The van der Waals surface area contributed by atoms with Gasteiger partial charge in [0.05, 0.1) is 23.5 Å².